The van der Waals surface area contributed by atoms with Gasteiger partial charge in [0.15, 0.2) is 11.0 Å². The quantitative estimate of drug-likeness (QED) is 0.431. The Morgan fingerprint density at radius 2 is 1.87 bits per heavy atom. The molecule has 162 valence electrons. The van der Waals surface area contributed by atoms with Gasteiger partial charge in [-0.15, -0.1) is 16.4 Å². The Kier molecular flexibility index (Phi) is 5.49. The van der Waals surface area contributed by atoms with Gasteiger partial charge in [0.1, 0.15) is 6.04 Å². The van der Waals surface area contributed by atoms with Crippen LogP contribution in [0.4, 0.5) is 5.13 Å². The van der Waals surface area contributed by atoms with Crippen LogP contribution in [-0.2, 0) is 5.54 Å². The molecule has 5 rings (SSSR count). The van der Waals surface area contributed by atoms with Crippen LogP contribution < -0.4 is 4.90 Å². The maximum atomic E-state index is 4.86. The van der Waals surface area contributed by atoms with Gasteiger partial charge < -0.3 is 4.90 Å². The van der Waals surface area contributed by atoms with Crippen LogP contribution in [0.15, 0.2) is 41.8 Å². The molecule has 9 heteroatoms. The van der Waals surface area contributed by atoms with Gasteiger partial charge in [-0.05, 0) is 54.3 Å². The molecule has 0 bridgehead atoms. The number of thiazole rings is 1. The molecule has 0 N–H and O–H groups in total. The highest BCUT2D eigenvalue weighted by molar-refractivity contribution is 7.22. The highest BCUT2D eigenvalue weighted by Crippen LogP contribution is 2.35. The average Bonchev–Trinajstić information content (AvgIpc) is 3.55. The van der Waals surface area contributed by atoms with Crippen LogP contribution in [0.3, 0.4) is 0 Å². The number of fused-ring (bicyclic) bond motifs is 1. The Morgan fingerprint density at radius 1 is 1.06 bits per heavy atom. The number of thiophene rings is 1. The van der Waals surface area contributed by atoms with Gasteiger partial charge in [-0.3, -0.25) is 4.90 Å². The van der Waals surface area contributed by atoms with Crippen molar-refractivity contribution in [3.05, 3.63) is 52.5 Å². The van der Waals surface area contributed by atoms with Crippen molar-refractivity contribution in [3.8, 4) is 0 Å². The highest BCUT2D eigenvalue weighted by atomic mass is 32.1. The molecule has 4 aromatic rings. The molecule has 0 aliphatic carbocycles. The van der Waals surface area contributed by atoms with Gasteiger partial charge in [0.25, 0.3) is 0 Å². The predicted molar refractivity (Wildman–Crippen MR) is 127 cm³/mol. The molecule has 0 amide bonds. The molecule has 1 aliphatic rings. The predicted octanol–water partition coefficient (Wildman–Crippen LogP) is 4.40. The zero-order valence-corrected chi connectivity index (χ0v) is 19.7. The van der Waals surface area contributed by atoms with E-state index in [1.807, 2.05) is 4.68 Å². The average molecular weight is 454 g/mol. The van der Waals surface area contributed by atoms with Crippen molar-refractivity contribution in [1.29, 1.82) is 0 Å². The molecule has 0 saturated carbocycles. The SMILES string of the molecule is CCC(C)(C)n1nnnc1[C@H](c1cccs1)N1CCN(c2nc3ccccc3s2)CC1. The number of hydrogen-bond acceptors (Lipinski definition) is 8. The van der Waals surface area contributed by atoms with E-state index in [0.717, 1.165) is 49.1 Å². The van der Waals surface area contributed by atoms with E-state index < -0.39 is 0 Å². The van der Waals surface area contributed by atoms with Crippen LogP contribution in [0.25, 0.3) is 10.2 Å². The first-order chi connectivity index (χ1) is 15.1. The lowest BCUT2D eigenvalue weighted by Crippen LogP contribution is -2.48. The Morgan fingerprint density at radius 3 is 2.58 bits per heavy atom. The molecule has 4 heterocycles. The monoisotopic (exact) mass is 453 g/mol. The Labute approximate surface area is 190 Å². The summed E-state index contributed by atoms with van der Waals surface area (Å²) in [4.78, 5) is 11.1. The van der Waals surface area contributed by atoms with E-state index in [-0.39, 0.29) is 11.6 Å². The number of anilines is 1. The van der Waals surface area contributed by atoms with Crippen molar-refractivity contribution >= 4 is 38.0 Å². The first-order valence-corrected chi connectivity index (χ1v) is 12.4. The molecule has 1 atom stereocenters. The molecule has 1 aliphatic heterocycles. The number of hydrogen-bond donors (Lipinski definition) is 0. The lowest BCUT2D eigenvalue weighted by molar-refractivity contribution is 0.189. The van der Waals surface area contributed by atoms with E-state index in [2.05, 4.69) is 87.9 Å². The van der Waals surface area contributed by atoms with Gasteiger partial charge in [-0.1, -0.05) is 36.5 Å². The summed E-state index contributed by atoms with van der Waals surface area (Å²) in [5.74, 6) is 0.933. The Balaban J connectivity index is 1.40. The van der Waals surface area contributed by atoms with E-state index in [0.29, 0.717) is 0 Å². The third-order valence-corrected chi connectivity index (χ3v) is 8.24. The fourth-order valence-electron chi connectivity index (χ4n) is 4.03. The minimum Gasteiger partial charge on any atom is -0.345 e. The standard InChI is InChI=1S/C22H27N7S2/c1-4-22(2,3)29-20(24-25-26-29)19(18-10-7-15-30-18)27-11-13-28(14-12-27)21-23-16-8-5-6-9-17(16)31-21/h5-10,15,19H,4,11-14H2,1-3H3/t19-/m0/s1. The number of nitrogens with zero attached hydrogens (tertiary/aromatic N) is 7. The molecule has 1 fully saturated rings. The van der Waals surface area contributed by atoms with Crippen LogP contribution in [-0.4, -0.2) is 56.3 Å². The normalized spacial score (nSPS) is 16.8. The van der Waals surface area contributed by atoms with Crippen molar-refractivity contribution in [2.75, 3.05) is 31.1 Å². The van der Waals surface area contributed by atoms with Crippen molar-refractivity contribution in [1.82, 2.24) is 30.1 Å². The summed E-state index contributed by atoms with van der Waals surface area (Å²) >= 11 is 3.56. The second-order valence-electron chi connectivity index (χ2n) is 8.52. The number of piperazine rings is 1. The summed E-state index contributed by atoms with van der Waals surface area (Å²) in [5.41, 5.74) is 0.958. The zero-order valence-electron chi connectivity index (χ0n) is 18.1. The third kappa shape index (κ3) is 3.86. The molecule has 0 radical (unpaired) electrons. The van der Waals surface area contributed by atoms with Gasteiger partial charge in [0.2, 0.25) is 0 Å². The van der Waals surface area contributed by atoms with Gasteiger partial charge >= 0.3 is 0 Å². The molecule has 31 heavy (non-hydrogen) atoms. The molecule has 0 spiro atoms. The van der Waals surface area contributed by atoms with Gasteiger partial charge in [0.05, 0.1) is 15.8 Å². The largest absolute Gasteiger partial charge is 0.345 e. The number of tetrazole rings is 1. The minimum atomic E-state index is -0.128. The van der Waals surface area contributed by atoms with Crippen molar-refractivity contribution < 1.29 is 0 Å². The number of aromatic nitrogens is 5. The first-order valence-electron chi connectivity index (χ1n) is 10.7. The summed E-state index contributed by atoms with van der Waals surface area (Å²) in [5, 5.41) is 16.2. The maximum Gasteiger partial charge on any atom is 0.186 e. The van der Waals surface area contributed by atoms with Crippen LogP contribution >= 0.6 is 22.7 Å². The zero-order chi connectivity index (χ0) is 21.4. The Hall–Kier alpha value is -2.36. The maximum absolute atomic E-state index is 4.86. The van der Waals surface area contributed by atoms with Gasteiger partial charge in [-0.25, -0.2) is 9.67 Å². The van der Waals surface area contributed by atoms with Crippen LogP contribution in [0, 0.1) is 0 Å². The molecule has 1 aromatic carbocycles. The second kappa shape index (κ2) is 8.29. The minimum absolute atomic E-state index is 0.0679. The van der Waals surface area contributed by atoms with Crippen molar-refractivity contribution in [2.24, 2.45) is 0 Å². The van der Waals surface area contributed by atoms with Gasteiger partial charge in [-0.2, -0.15) is 0 Å². The number of benzene rings is 1. The van der Waals surface area contributed by atoms with Crippen LogP contribution in [0.2, 0.25) is 0 Å². The molecule has 7 nitrogen and oxygen atoms in total. The van der Waals surface area contributed by atoms with E-state index in [1.54, 1.807) is 22.7 Å². The molecular weight excluding hydrogens is 426 g/mol. The number of rotatable bonds is 6. The fraction of sp³-hybridized carbons (Fsp3) is 0.455. The second-order valence-corrected chi connectivity index (χ2v) is 10.5. The lowest BCUT2D eigenvalue weighted by atomic mass is 10.0. The van der Waals surface area contributed by atoms with E-state index >= 15 is 0 Å². The summed E-state index contributed by atoms with van der Waals surface area (Å²) in [6, 6.07) is 12.8. The smallest absolute Gasteiger partial charge is 0.186 e. The summed E-state index contributed by atoms with van der Waals surface area (Å²) in [6.45, 7) is 10.4. The third-order valence-electron chi connectivity index (χ3n) is 6.22. The van der Waals surface area contributed by atoms with Crippen LogP contribution in [0.5, 0.6) is 0 Å². The van der Waals surface area contributed by atoms with Crippen molar-refractivity contribution in [2.45, 2.75) is 38.8 Å². The molecular formula is C22H27N7S2. The van der Waals surface area contributed by atoms with E-state index in [9.17, 15) is 0 Å². The lowest BCUT2D eigenvalue weighted by Gasteiger charge is -2.39. The Bertz CT molecular complexity index is 1110. The molecule has 3 aromatic heterocycles. The van der Waals surface area contributed by atoms with Crippen molar-refractivity contribution in [3.63, 3.8) is 0 Å². The van der Waals surface area contributed by atoms with Crippen LogP contribution in [0.1, 0.15) is 43.9 Å². The topological polar surface area (TPSA) is 63.0 Å². The molecule has 0 unspecified atom stereocenters. The number of para-hydroxylation sites is 1. The first kappa shape index (κ1) is 20.5. The highest BCUT2D eigenvalue weighted by Gasteiger charge is 2.35. The van der Waals surface area contributed by atoms with Gasteiger partial charge in [0, 0.05) is 31.1 Å². The fourth-order valence-corrected chi connectivity index (χ4v) is 5.90. The summed E-state index contributed by atoms with van der Waals surface area (Å²) in [6.07, 6.45) is 0.966. The summed E-state index contributed by atoms with van der Waals surface area (Å²) < 4.78 is 3.27. The van der Waals surface area contributed by atoms with E-state index in [4.69, 9.17) is 4.98 Å². The summed E-state index contributed by atoms with van der Waals surface area (Å²) in [7, 11) is 0. The molecule has 1 saturated heterocycles. The van der Waals surface area contributed by atoms with E-state index in [1.165, 1.54) is 9.58 Å².